The zero-order chi connectivity index (χ0) is 10.7. The van der Waals surface area contributed by atoms with Crippen LogP contribution in [0.5, 0.6) is 0 Å². The van der Waals surface area contributed by atoms with E-state index in [1.807, 2.05) is 30.5 Å². The fourth-order valence-corrected chi connectivity index (χ4v) is 1.90. The largest absolute Gasteiger partial charge is 0.293 e. The Labute approximate surface area is 92.7 Å². The van der Waals surface area contributed by atoms with Gasteiger partial charge in [-0.3, -0.25) is 9.78 Å². The number of pyridine rings is 1. The van der Waals surface area contributed by atoms with Crippen LogP contribution in [-0.4, -0.2) is 22.8 Å². The van der Waals surface area contributed by atoms with Crippen molar-refractivity contribution < 1.29 is 4.79 Å². The molecule has 15 heavy (non-hydrogen) atoms. The van der Waals surface area contributed by atoms with E-state index in [1.165, 1.54) is 0 Å². The second-order valence-corrected chi connectivity index (χ2v) is 4.16. The first-order chi connectivity index (χ1) is 7.31. The van der Waals surface area contributed by atoms with Crippen molar-refractivity contribution in [3.63, 3.8) is 0 Å². The maximum absolute atomic E-state index is 11.7. The third kappa shape index (κ3) is 2.18. The number of rotatable bonds is 3. The van der Waals surface area contributed by atoms with Crippen molar-refractivity contribution in [1.29, 1.82) is 0 Å². The number of carbonyl (C=O) groups excluding carboxylic acids is 1. The molecule has 0 saturated carbocycles. The van der Waals surface area contributed by atoms with E-state index in [0.29, 0.717) is 5.75 Å². The molecule has 0 aliphatic heterocycles. The Kier molecular flexibility index (Phi) is 3.02. The summed E-state index contributed by atoms with van der Waals surface area (Å²) < 4.78 is 0. The number of thioether (sulfide) groups is 1. The Hall–Kier alpha value is -1.35. The first kappa shape index (κ1) is 10.2. The summed E-state index contributed by atoms with van der Waals surface area (Å²) in [5.41, 5.74) is 0.781. The fraction of sp³-hybridized carbons (Fsp3) is 0.167. The lowest BCUT2D eigenvalue weighted by molar-refractivity contribution is 0.102. The molecule has 0 unspecified atom stereocenters. The lowest BCUT2D eigenvalue weighted by Crippen LogP contribution is -2.01. The Morgan fingerprint density at radius 3 is 3.00 bits per heavy atom. The van der Waals surface area contributed by atoms with Crippen molar-refractivity contribution in [3.05, 3.63) is 42.2 Å². The number of fused-ring (bicyclic) bond motifs is 1. The van der Waals surface area contributed by atoms with E-state index >= 15 is 0 Å². The van der Waals surface area contributed by atoms with Gasteiger partial charge in [-0.05, 0) is 23.8 Å². The molecule has 0 spiro atoms. The van der Waals surface area contributed by atoms with Crippen molar-refractivity contribution >= 4 is 28.3 Å². The van der Waals surface area contributed by atoms with Gasteiger partial charge in [-0.2, -0.15) is 11.8 Å². The number of hydrogen-bond donors (Lipinski definition) is 0. The minimum atomic E-state index is 0.182. The number of Topliss-reactive ketones (excluding diaryl/α,β-unsaturated/α-hetero) is 1. The van der Waals surface area contributed by atoms with Gasteiger partial charge < -0.3 is 0 Å². The second kappa shape index (κ2) is 4.45. The maximum Gasteiger partial charge on any atom is 0.172 e. The van der Waals surface area contributed by atoms with Crippen LogP contribution < -0.4 is 0 Å². The van der Waals surface area contributed by atoms with Crippen molar-refractivity contribution in [3.8, 4) is 0 Å². The molecule has 2 rings (SSSR count). The second-order valence-electron chi connectivity index (χ2n) is 3.29. The van der Waals surface area contributed by atoms with Crippen LogP contribution in [0.3, 0.4) is 0 Å². The topological polar surface area (TPSA) is 30.0 Å². The number of ketones is 1. The third-order valence-electron chi connectivity index (χ3n) is 2.24. The molecule has 0 amide bonds. The lowest BCUT2D eigenvalue weighted by Gasteiger charge is -2.01. The van der Waals surface area contributed by atoms with E-state index in [1.54, 1.807) is 24.2 Å². The van der Waals surface area contributed by atoms with Gasteiger partial charge in [0.05, 0.1) is 5.75 Å². The molecule has 0 aliphatic rings. The maximum atomic E-state index is 11.7. The molecule has 0 bridgehead atoms. The first-order valence-electron chi connectivity index (χ1n) is 4.67. The highest BCUT2D eigenvalue weighted by Gasteiger charge is 2.05. The summed E-state index contributed by atoms with van der Waals surface area (Å²) in [4.78, 5) is 15.7. The summed E-state index contributed by atoms with van der Waals surface area (Å²) >= 11 is 1.55. The van der Waals surface area contributed by atoms with E-state index in [4.69, 9.17) is 0 Å². The average Bonchev–Trinajstić information content (AvgIpc) is 2.29. The zero-order valence-corrected chi connectivity index (χ0v) is 9.25. The number of aromatic nitrogens is 1. The highest BCUT2D eigenvalue weighted by molar-refractivity contribution is 7.99. The Balaban J connectivity index is 2.42. The van der Waals surface area contributed by atoms with Crippen LogP contribution in [0.25, 0.3) is 10.8 Å². The molecular weight excluding hydrogens is 206 g/mol. The zero-order valence-electron chi connectivity index (χ0n) is 8.43. The van der Waals surface area contributed by atoms with E-state index in [0.717, 1.165) is 16.3 Å². The summed E-state index contributed by atoms with van der Waals surface area (Å²) in [6.45, 7) is 0. The summed E-state index contributed by atoms with van der Waals surface area (Å²) in [6.07, 6.45) is 5.48. The van der Waals surface area contributed by atoms with E-state index in [-0.39, 0.29) is 5.78 Å². The van der Waals surface area contributed by atoms with Crippen LogP contribution in [0.2, 0.25) is 0 Å². The molecule has 3 heteroatoms. The minimum Gasteiger partial charge on any atom is -0.293 e. The quantitative estimate of drug-likeness (QED) is 0.740. The molecule has 1 heterocycles. The predicted octanol–water partition coefficient (Wildman–Crippen LogP) is 2.78. The molecule has 0 aliphatic carbocycles. The Morgan fingerprint density at radius 1 is 1.33 bits per heavy atom. The van der Waals surface area contributed by atoms with Gasteiger partial charge in [-0.1, -0.05) is 12.1 Å². The Bertz CT molecular complexity index is 496. The van der Waals surface area contributed by atoms with Crippen LogP contribution >= 0.6 is 11.8 Å². The summed E-state index contributed by atoms with van der Waals surface area (Å²) in [6, 6.07) is 7.65. The smallest absolute Gasteiger partial charge is 0.172 e. The summed E-state index contributed by atoms with van der Waals surface area (Å²) in [5.74, 6) is 0.720. The molecule has 2 aromatic rings. The van der Waals surface area contributed by atoms with E-state index in [2.05, 4.69) is 4.98 Å². The van der Waals surface area contributed by atoms with Gasteiger partial charge in [0.2, 0.25) is 0 Å². The first-order valence-corrected chi connectivity index (χ1v) is 6.06. The SMILES string of the molecule is CSCC(=O)c1ccc2cnccc2c1. The number of benzene rings is 1. The van der Waals surface area contributed by atoms with Crippen molar-refractivity contribution in [2.75, 3.05) is 12.0 Å². The third-order valence-corrected chi connectivity index (χ3v) is 2.79. The predicted molar refractivity (Wildman–Crippen MR) is 64.5 cm³/mol. The molecule has 0 fully saturated rings. The fourth-order valence-electron chi connectivity index (χ4n) is 1.47. The monoisotopic (exact) mass is 217 g/mol. The van der Waals surface area contributed by atoms with Gasteiger partial charge >= 0.3 is 0 Å². The van der Waals surface area contributed by atoms with E-state index < -0.39 is 0 Å². The van der Waals surface area contributed by atoms with Crippen LogP contribution in [-0.2, 0) is 0 Å². The summed E-state index contributed by atoms with van der Waals surface area (Å²) in [7, 11) is 0. The number of hydrogen-bond acceptors (Lipinski definition) is 3. The van der Waals surface area contributed by atoms with Gasteiger partial charge in [0.25, 0.3) is 0 Å². The molecule has 0 atom stereocenters. The van der Waals surface area contributed by atoms with Gasteiger partial charge in [-0.25, -0.2) is 0 Å². The molecule has 76 valence electrons. The van der Waals surface area contributed by atoms with Gasteiger partial charge in [0.1, 0.15) is 0 Å². The van der Waals surface area contributed by atoms with Crippen LogP contribution in [0.4, 0.5) is 0 Å². The molecule has 0 saturated heterocycles. The average molecular weight is 217 g/mol. The van der Waals surface area contributed by atoms with Crippen molar-refractivity contribution in [1.82, 2.24) is 4.98 Å². The van der Waals surface area contributed by atoms with Gasteiger partial charge in [-0.15, -0.1) is 0 Å². The molecule has 0 N–H and O–H groups in total. The molecule has 2 nitrogen and oxygen atoms in total. The van der Waals surface area contributed by atoms with Crippen LogP contribution in [0, 0.1) is 0 Å². The minimum absolute atomic E-state index is 0.182. The number of carbonyl (C=O) groups is 1. The van der Waals surface area contributed by atoms with Gasteiger partial charge in [0.15, 0.2) is 5.78 Å². The van der Waals surface area contributed by atoms with Crippen molar-refractivity contribution in [2.45, 2.75) is 0 Å². The molecule has 0 radical (unpaired) electrons. The summed E-state index contributed by atoms with van der Waals surface area (Å²) in [5, 5.41) is 2.13. The van der Waals surface area contributed by atoms with Gasteiger partial charge in [0, 0.05) is 23.3 Å². The van der Waals surface area contributed by atoms with Crippen LogP contribution in [0.15, 0.2) is 36.7 Å². The highest BCUT2D eigenvalue weighted by atomic mass is 32.2. The van der Waals surface area contributed by atoms with Crippen LogP contribution in [0.1, 0.15) is 10.4 Å². The Morgan fingerprint density at radius 2 is 2.20 bits per heavy atom. The number of nitrogens with zero attached hydrogens (tertiary/aromatic N) is 1. The normalized spacial score (nSPS) is 10.5. The van der Waals surface area contributed by atoms with Crippen molar-refractivity contribution in [2.24, 2.45) is 0 Å². The molecule has 1 aromatic heterocycles. The molecular formula is C12H11NOS. The lowest BCUT2D eigenvalue weighted by atomic mass is 10.1. The molecule has 1 aromatic carbocycles. The van der Waals surface area contributed by atoms with E-state index in [9.17, 15) is 4.79 Å². The highest BCUT2D eigenvalue weighted by Crippen LogP contribution is 2.15. The standard InChI is InChI=1S/C12H11NOS/c1-15-8-12(14)10-2-3-11-7-13-5-4-9(11)6-10/h2-7H,8H2,1H3.